The van der Waals surface area contributed by atoms with Crippen LogP contribution in [0.15, 0.2) is 71.8 Å². The summed E-state index contributed by atoms with van der Waals surface area (Å²) in [6, 6.07) is 25.6. The van der Waals surface area contributed by atoms with Gasteiger partial charge in [-0.05, 0) is 34.4 Å². The minimum atomic E-state index is -0.0515. The fourth-order valence-corrected chi connectivity index (χ4v) is 16.1. The van der Waals surface area contributed by atoms with Gasteiger partial charge in [-0.1, -0.05) is 48.6 Å². The first-order valence-electron chi connectivity index (χ1n) is 19.4. The van der Waals surface area contributed by atoms with E-state index in [1.165, 1.54) is 22.5 Å². The van der Waals surface area contributed by atoms with Crippen LogP contribution < -0.4 is 9.80 Å². The van der Waals surface area contributed by atoms with E-state index in [4.69, 9.17) is 9.47 Å². The molecule has 8 nitrogen and oxygen atoms in total. The number of hydrogen-bond acceptors (Lipinski definition) is 6. The summed E-state index contributed by atoms with van der Waals surface area (Å²) in [6.07, 6.45) is 9.30. The lowest BCUT2D eigenvalue weighted by molar-refractivity contribution is -0.937. The maximum Gasteiger partial charge on any atom is 0.167 e. The van der Waals surface area contributed by atoms with Gasteiger partial charge in [0.2, 0.25) is 0 Å². The first kappa shape index (κ1) is 28.0. The molecular weight excluding hydrogens is 621 g/mol. The van der Waals surface area contributed by atoms with Crippen LogP contribution >= 0.6 is 0 Å². The molecule has 13 rings (SSSR count). The minimum absolute atomic E-state index is 0.0439. The van der Waals surface area contributed by atoms with E-state index in [-0.39, 0.29) is 47.2 Å². The van der Waals surface area contributed by atoms with Gasteiger partial charge in [0.1, 0.15) is 49.8 Å². The summed E-state index contributed by atoms with van der Waals surface area (Å²) >= 11 is 0. The van der Waals surface area contributed by atoms with Crippen molar-refractivity contribution < 1.29 is 18.4 Å². The van der Waals surface area contributed by atoms with Crippen LogP contribution in [0.5, 0.6) is 0 Å². The zero-order valence-electron chi connectivity index (χ0n) is 28.5. The zero-order valence-corrected chi connectivity index (χ0v) is 28.5. The van der Waals surface area contributed by atoms with Gasteiger partial charge >= 0.3 is 0 Å². The molecule has 0 N–H and O–H groups in total. The fourth-order valence-electron chi connectivity index (χ4n) is 16.1. The second-order valence-corrected chi connectivity index (χ2v) is 18.0. The first-order chi connectivity index (χ1) is 24.6. The van der Waals surface area contributed by atoms with Crippen molar-refractivity contribution in [2.45, 2.75) is 73.1 Å². The Morgan fingerprint density at radius 3 is 1.60 bits per heavy atom. The summed E-state index contributed by atoms with van der Waals surface area (Å²) in [5.74, 6) is 1.40. The third-order valence-electron chi connectivity index (χ3n) is 17.2. The number of benzene rings is 2. The van der Waals surface area contributed by atoms with Crippen LogP contribution in [0.3, 0.4) is 0 Å². The zero-order chi connectivity index (χ0) is 32.8. The van der Waals surface area contributed by atoms with Gasteiger partial charge in [-0.3, -0.25) is 0 Å². The standard InChI is InChI=1S/C42H44N6O2/c43-13-17-47-15-11-41-29-5-1-3-7-31(29)45-37(41)35-27(21-33(41)47)25(23-47)10-20-50-40(35)46-32-8-4-2-6-30(32)42-12-16-48(18-14-44)24-26-9-19-49-39(45)36(38(42)46)28(26)22-34(42)48/h1-10,27-28,33-40H,11-12,15-24H2/q+2/t27-,28-,33-,34-,35+,36?,37-,38-,39+,40+,41+,42+,47?,48?/m0/s1. The Morgan fingerprint density at radius 2 is 1.14 bits per heavy atom. The Morgan fingerprint density at radius 1 is 0.680 bits per heavy atom. The molecule has 0 amide bonds. The molecule has 0 aromatic heterocycles. The van der Waals surface area contributed by atoms with Crippen molar-refractivity contribution in [1.82, 2.24) is 0 Å². The number of para-hydroxylation sites is 2. The monoisotopic (exact) mass is 664 g/mol. The van der Waals surface area contributed by atoms with Crippen LogP contribution in [0, 0.1) is 46.3 Å². The first-order valence-corrected chi connectivity index (χ1v) is 19.4. The molecule has 50 heavy (non-hydrogen) atoms. The molecule has 2 spiro atoms. The largest absolute Gasteiger partial charge is 0.354 e. The van der Waals surface area contributed by atoms with Crippen molar-refractivity contribution in [2.24, 2.45) is 23.7 Å². The molecule has 252 valence electrons. The van der Waals surface area contributed by atoms with Crippen molar-refractivity contribution in [1.29, 1.82) is 10.5 Å². The highest BCUT2D eigenvalue weighted by atomic mass is 16.5. The van der Waals surface area contributed by atoms with Gasteiger partial charge in [-0.2, -0.15) is 10.5 Å². The number of rotatable bonds is 2. The average Bonchev–Trinajstić information content (AvgIpc) is 3.75. The summed E-state index contributed by atoms with van der Waals surface area (Å²) < 4.78 is 16.7. The summed E-state index contributed by atoms with van der Waals surface area (Å²) in [6.45, 7) is 6.56. The van der Waals surface area contributed by atoms with E-state index in [1.54, 1.807) is 11.1 Å². The summed E-state index contributed by atoms with van der Waals surface area (Å²) in [7, 11) is 0. The molecule has 0 radical (unpaired) electrons. The Labute approximate surface area is 293 Å². The Kier molecular flexibility index (Phi) is 4.96. The molecule has 9 heterocycles. The number of hydrogen-bond donors (Lipinski definition) is 0. The molecule has 9 aliphatic heterocycles. The predicted octanol–water partition coefficient (Wildman–Crippen LogP) is 4.34. The highest BCUT2D eigenvalue weighted by Crippen LogP contribution is 2.72. The van der Waals surface area contributed by atoms with Gasteiger partial charge in [0.15, 0.2) is 13.1 Å². The molecular formula is C42H44N6O2+2. The molecule has 8 heteroatoms. The number of ether oxygens (including phenoxy) is 2. The topological polar surface area (TPSA) is 72.5 Å². The maximum atomic E-state index is 10.4. The van der Waals surface area contributed by atoms with Crippen molar-refractivity contribution in [3.05, 3.63) is 83.0 Å². The maximum absolute atomic E-state index is 10.4. The summed E-state index contributed by atoms with van der Waals surface area (Å²) in [4.78, 5) is 5.76. The van der Waals surface area contributed by atoms with E-state index in [0.717, 1.165) is 60.8 Å². The second kappa shape index (κ2) is 8.85. The molecule has 11 aliphatic rings. The Hall–Kier alpha value is -3.66. The number of anilines is 2. The van der Waals surface area contributed by atoms with Crippen molar-refractivity contribution >= 4 is 11.4 Å². The second-order valence-electron chi connectivity index (χ2n) is 18.0. The Bertz CT molecular complexity index is 1920. The molecule has 2 aromatic carbocycles. The van der Waals surface area contributed by atoms with E-state index >= 15 is 0 Å². The quantitative estimate of drug-likeness (QED) is 0.270. The van der Waals surface area contributed by atoms with Gasteiger partial charge in [-0.25, -0.2) is 0 Å². The lowest BCUT2D eigenvalue weighted by Gasteiger charge is -2.65. The fraction of sp³-hybridized carbons (Fsp3) is 0.571. The normalized spacial score (nSPS) is 49.6. The highest BCUT2D eigenvalue weighted by molar-refractivity contribution is 5.72. The van der Waals surface area contributed by atoms with Crippen molar-refractivity contribution in [3.8, 4) is 12.1 Å². The predicted molar refractivity (Wildman–Crippen MR) is 185 cm³/mol. The molecule has 4 bridgehead atoms. The van der Waals surface area contributed by atoms with Crippen molar-refractivity contribution in [2.75, 3.05) is 62.3 Å². The van der Waals surface area contributed by atoms with Gasteiger partial charge in [0.25, 0.3) is 0 Å². The third kappa shape index (κ3) is 2.74. The summed E-state index contributed by atoms with van der Waals surface area (Å²) in [5.41, 5.74) is 8.82. The molecule has 3 unspecified atom stereocenters. The van der Waals surface area contributed by atoms with Crippen LogP contribution in [-0.4, -0.2) is 98.1 Å². The lowest BCUT2D eigenvalue weighted by Crippen LogP contribution is -2.78. The highest BCUT2D eigenvalue weighted by Gasteiger charge is 2.80. The number of quaternary nitrogens is 2. The number of fused-ring (bicyclic) bond motifs is 6. The molecule has 14 atom stereocenters. The van der Waals surface area contributed by atoms with E-state index < -0.39 is 0 Å². The van der Waals surface area contributed by atoms with E-state index in [1.807, 2.05) is 0 Å². The molecule has 2 aromatic rings. The number of nitrogens with zero attached hydrogens (tertiary/aromatic N) is 6. The van der Waals surface area contributed by atoms with Crippen LogP contribution in [0.4, 0.5) is 11.4 Å². The van der Waals surface area contributed by atoms with Crippen LogP contribution in [0.25, 0.3) is 0 Å². The van der Waals surface area contributed by atoms with Crippen molar-refractivity contribution in [3.63, 3.8) is 0 Å². The third-order valence-corrected chi connectivity index (χ3v) is 17.2. The van der Waals surface area contributed by atoms with Crippen LogP contribution in [0.1, 0.15) is 36.8 Å². The van der Waals surface area contributed by atoms with E-state index in [2.05, 4.69) is 82.6 Å². The van der Waals surface area contributed by atoms with E-state index in [9.17, 15) is 10.5 Å². The number of piperidine rings is 2. The SMILES string of the molecule is N#CC[N+]12CC[C@@]34c5ccccc5N5[C@@H]6OCC=C7C[N+]8(CC#N)CC[C@]9%10c%11ccccc%11N([C@@H]%11OCC=C(C1)[C@H](C[C@@H]32)C%11[C@H]54)[C@H]9[C@H]6[C@H]7C[C@@H]%108. The number of nitriles is 2. The lowest BCUT2D eigenvalue weighted by atomic mass is 9.52. The smallest absolute Gasteiger partial charge is 0.167 e. The van der Waals surface area contributed by atoms with Gasteiger partial charge in [0.05, 0.1) is 49.2 Å². The molecule has 2 aliphatic carbocycles. The molecule has 5 saturated heterocycles. The van der Waals surface area contributed by atoms with Gasteiger partial charge in [0, 0.05) is 60.7 Å². The molecule has 2 saturated carbocycles. The molecule has 7 fully saturated rings. The van der Waals surface area contributed by atoms with Crippen LogP contribution in [-0.2, 0) is 20.3 Å². The van der Waals surface area contributed by atoms with Crippen LogP contribution in [0.2, 0.25) is 0 Å². The average molecular weight is 665 g/mol. The Balaban J connectivity index is 1.12. The van der Waals surface area contributed by atoms with E-state index in [0.29, 0.717) is 50.2 Å². The summed E-state index contributed by atoms with van der Waals surface area (Å²) in [5, 5.41) is 20.7. The minimum Gasteiger partial charge on any atom is -0.354 e. The van der Waals surface area contributed by atoms with Gasteiger partial charge < -0.3 is 28.2 Å². The van der Waals surface area contributed by atoms with Gasteiger partial charge in [-0.15, -0.1) is 0 Å².